The van der Waals surface area contributed by atoms with Crippen LogP contribution >= 0.6 is 11.9 Å². The van der Waals surface area contributed by atoms with Crippen molar-refractivity contribution >= 4 is 49.9 Å². The van der Waals surface area contributed by atoms with Crippen molar-refractivity contribution in [1.29, 1.82) is 5.41 Å². The molecule has 1 N–H and O–H groups in total. The van der Waals surface area contributed by atoms with E-state index in [0.29, 0.717) is 30.3 Å². The summed E-state index contributed by atoms with van der Waals surface area (Å²) in [4.78, 5) is 17.7. The Bertz CT molecular complexity index is 1380. The number of fused-ring (bicyclic) bond motifs is 1. The van der Waals surface area contributed by atoms with E-state index in [1.165, 1.54) is 6.08 Å². The van der Waals surface area contributed by atoms with E-state index in [2.05, 4.69) is 9.39 Å². The van der Waals surface area contributed by atoms with Crippen molar-refractivity contribution in [2.24, 2.45) is 15.3 Å². The zero-order chi connectivity index (χ0) is 26.6. The lowest BCUT2D eigenvalue weighted by Crippen LogP contribution is -2.46. The minimum Gasteiger partial charge on any atom is -0.497 e. The Balaban J connectivity index is 1.39. The lowest BCUT2D eigenvalue weighted by Gasteiger charge is -2.24. The number of sulfone groups is 1. The lowest BCUT2D eigenvalue weighted by molar-refractivity contribution is -0.114. The average Bonchev–Trinajstić information content (AvgIpc) is 3.30. The van der Waals surface area contributed by atoms with Crippen LogP contribution in [0.2, 0.25) is 0 Å². The molecule has 0 radical (unpaired) electrons. The van der Waals surface area contributed by atoms with Gasteiger partial charge in [0, 0.05) is 0 Å². The predicted molar refractivity (Wildman–Crippen MR) is 144 cm³/mol. The molecule has 194 valence electrons. The first kappa shape index (κ1) is 26.4. The standard InChI is InChI=1S/C25H26N4O6S2/c1-16(2)15-37(31,32)25-28-36-24-27-23(30)21(22(26)29(24)25)14-17-4-6-19(7-5-17)34-12-13-35-20-10-8-18(33-3)9-11-20/h4-11,14,16,26H,12-13,15H2,1-3H3/b21-14-,26-22?. The van der Waals surface area contributed by atoms with Gasteiger partial charge in [0.1, 0.15) is 36.3 Å². The number of carbonyl (C=O) groups is 1. The van der Waals surface area contributed by atoms with Gasteiger partial charge in [-0.15, -0.1) is 0 Å². The number of ether oxygens (including phenoxy) is 3. The smallest absolute Gasteiger partial charge is 0.283 e. The van der Waals surface area contributed by atoms with E-state index >= 15 is 0 Å². The van der Waals surface area contributed by atoms with Gasteiger partial charge in [-0.1, -0.05) is 26.0 Å². The molecule has 0 aliphatic carbocycles. The fourth-order valence-corrected chi connectivity index (χ4v) is 6.26. The molecule has 2 aliphatic heterocycles. The number of rotatable bonds is 9. The second kappa shape index (κ2) is 11.2. The van der Waals surface area contributed by atoms with E-state index in [9.17, 15) is 13.2 Å². The molecule has 2 aromatic carbocycles. The molecule has 0 atom stereocenters. The van der Waals surface area contributed by atoms with E-state index in [1.54, 1.807) is 45.2 Å². The van der Waals surface area contributed by atoms with Crippen molar-refractivity contribution in [2.75, 3.05) is 26.1 Å². The summed E-state index contributed by atoms with van der Waals surface area (Å²) >= 11 is 0.779. The summed E-state index contributed by atoms with van der Waals surface area (Å²) in [7, 11) is -2.15. The van der Waals surface area contributed by atoms with Gasteiger partial charge in [0.2, 0.25) is 20.2 Å². The molecular weight excluding hydrogens is 516 g/mol. The van der Waals surface area contributed by atoms with Gasteiger partial charge in [-0.2, -0.15) is 9.39 Å². The van der Waals surface area contributed by atoms with Crippen LogP contribution in [0.15, 0.2) is 63.5 Å². The number of benzene rings is 2. The van der Waals surface area contributed by atoms with E-state index in [1.807, 2.05) is 24.3 Å². The number of nitrogens with zero attached hydrogens (tertiary/aromatic N) is 3. The molecule has 0 fully saturated rings. The minimum absolute atomic E-state index is 0.0275. The van der Waals surface area contributed by atoms with Gasteiger partial charge in [0.25, 0.3) is 5.91 Å². The van der Waals surface area contributed by atoms with Crippen molar-refractivity contribution in [3.8, 4) is 17.2 Å². The molecule has 0 spiro atoms. The van der Waals surface area contributed by atoms with Gasteiger partial charge in [-0.3, -0.25) is 10.2 Å². The van der Waals surface area contributed by atoms with Crippen LogP contribution < -0.4 is 14.2 Å². The molecule has 10 nitrogen and oxygen atoms in total. The Morgan fingerprint density at radius 1 is 1.00 bits per heavy atom. The molecule has 12 heteroatoms. The van der Waals surface area contributed by atoms with Crippen molar-refractivity contribution in [1.82, 2.24) is 4.90 Å². The van der Waals surface area contributed by atoms with Crippen LogP contribution in [0.25, 0.3) is 6.08 Å². The quantitative estimate of drug-likeness (QED) is 0.288. The van der Waals surface area contributed by atoms with Crippen molar-refractivity contribution in [3.63, 3.8) is 0 Å². The third kappa shape index (κ3) is 6.20. The molecule has 0 saturated carbocycles. The number of aliphatic imine (C=N–C) groups is 1. The molecule has 0 aromatic heterocycles. The van der Waals surface area contributed by atoms with Gasteiger partial charge in [-0.05, 0) is 54.0 Å². The fourth-order valence-electron chi connectivity index (χ4n) is 3.53. The summed E-state index contributed by atoms with van der Waals surface area (Å²) in [6, 6.07) is 14.2. The molecule has 0 unspecified atom stereocenters. The highest BCUT2D eigenvalue weighted by Gasteiger charge is 2.42. The van der Waals surface area contributed by atoms with Crippen molar-refractivity contribution < 1.29 is 27.4 Å². The van der Waals surface area contributed by atoms with Gasteiger partial charge >= 0.3 is 0 Å². The summed E-state index contributed by atoms with van der Waals surface area (Å²) in [5, 5.41) is 8.34. The van der Waals surface area contributed by atoms with Crippen LogP contribution in [-0.2, 0) is 14.6 Å². The Hall–Kier alpha value is -3.64. The third-order valence-corrected chi connectivity index (χ3v) is 7.95. The number of nitrogens with one attached hydrogen (secondary N) is 1. The number of amides is 1. The van der Waals surface area contributed by atoms with Crippen LogP contribution in [0.1, 0.15) is 19.4 Å². The highest BCUT2D eigenvalue weighted by Crippen LogP contribution is 2.30. The molecule has 0 bridgehead atoms. The van der Waals surface area contributed by atoms with Crippen LogP contribution in [0, 0.1) is 11.3 Å². The molecular formula is C25H26N4O6S2. The van der Waals surface area contributed by atoms with Crippen molar-refractivity contribution in [3.05, 3.63) is 59.7 Å². The Morgan fingerprint density at radius 2 is 1.57 bits per heavy atom. The second-order valence-electron chi connectivity index (χ2n) is 8.52. The average molecular weight is 543 g/mol. The number of carbonyl (C=O) groups excluding carboxylic acids is 1. The highest BCUT2D eigenvalue weighted by molar-refractivity contribution is 8.16. The lowest BCUT2D eigenvalue weighted by atomic mass is 10.1. The SMILES string of the molecule is COc1ccc(OCCOc2ccc(/C=C3/C(=N)N4C(=NC3=O)SN=C4S(=O)(=O)CC(C)C)cc2)cc1. The first-order valence-electron chi connectivity index (χ1n) is 11.4. The third-order valence-electron chi connectivity index (χ3n) is 5.20. The van der Waals surface area contributed by atoms with Crippen LogP contribution in [0.4, 0.5) is 0 Å². The Kier molecular flexibility index (Phi) is 7.98. The molecule has 0 saturated heterocycles. The second-order valence-corrected chi connectivity index (χ2v) is 11.2. The Morgan fingerprint density at radius 3 is 2.14 bits per heavy atom. The molecule has 1 amide bonds. The van der Waals surface area contributed by atoms with E-state index < -0.39 is 15.7 Å². The van der Waals surface area contributed by atoms with Gasteiger partial charge in [0.05, 0.1) is 30.4 Å². The van der Waals surface area contributed by atoms with E-state index in [4.69, 9.17) is 19.6 Å². The molecule has 2 aromatic rings. The molecule has 37 heavy (non-hydrogen) atoms. The maximum atomic E-state index is 12.8. The fraction of sp³-hybridized carbons (Fsp3) is 0.280. The predicted octanol–water partition coefficient (Wildman–Crippen LogP) is 3.80. The maximum Gasteiger partial charge on any atom is 0.283 e. The largest absolute Gasteiger partial charge is 0.497 e. The number of amidine groups is 3. The maximum absolute atomic E-state index is 12.8. The molecule has 2 aliphatic rings. The molecule has 2 heterocycles. The zero-order valence-electron chi connectivity index (χ0n) is 20.5. The van der Waals surface area contributed by atoms with Crippen LogP contribution in [0.3, 0.4) is 0 Å². The monoisotopic (exact) mass is 542 g/mol. The highest BCUT2D eigenvalue weighted by atomic mass is 32.2. The van der Waals surface area contributed by atoms with E-state index in [-0.39, 0.29) is 33.4 Å². The van der Waals surface area contributed by atoms with Gasteiger partial charge < -0.3 is 14.2 Å². The first-order valence-corrected chi connectivity index (χ1v) is 13.8. The van der Waals surface area contributed by atoms with Crippen LogP contribution in [0.5, 0.6) is 17.2 Å². The zero-order valence-corrected chi connectivity index (χ0v) is 22.1. The number of methoxy groups -OCH3 is 1. The van der Waals surface area contributed by atoms with Crippen molar-refractivity contribution in [2.45, 2.75) is 13.8 Å². The first-order chi connectivity index (χ1) is 17.7. The summed E-state index contributed by atoms with van der Waals surface area (Å²) in [5.41, 5.74) is 0.601. The summed E-state index contributed by atoms with van der Waals surface area (Å²) < 4.78 is 46.0. The summed E-state index contributed by atoms with van der Waals surface area (Å²) in [6.07, 6.45) is 1.50. The molecule has 4 rings (SSSR count). The topological polar surface area (TPSA) is 131 Å². The van der Waals surface area contributed by atoms with Gasteiger partial charge in [-0.25, -0.2) is 13.3 Å². The summed E-state index contributed by atoms with van der Waals surface area (Å²) in [6.45, 7) is 4.24. The summed E-state index contributed by atoms with van der Waals surface area (Å²) in [5.74, 6) is 0.918. The minimum atomic E-state index is -3.75. The van der Waals surface area contributed by atoms with Gasteiger partial charge in [0.15, 0.2) is 0 Å². The van der Waals surface area contributed by atoms with E-state index in [0.717, 1.165) is 22.6 Å². The normalized spacial score (nSPS) is 16.5. The van der Waals surface area contributed by atoms with Crippen LogP contribution in [-0.4, -0.2) is 61.5 Å². The Labute approximate surface area is 219 Å². The number of hydrogen-bond donors (Lipinski definition) is 1. The number of hydrogen-bond acceptors (Lipinski definition) is 9.